The van der Waals surface area contributed by atoms with Crippen molar-refractivity contribution in [3.8, 4) is 0 Å². The second-order valence-electron chi connectivity index (χ2n) is 7.33. The van der Waals surface area contributed by atoms with Gasteiger partial charge in [-0.25, -0.2) is 8.42 Å². The molecule has 4 rings (SSSR count). The van der Waals surface area contributed by atoms with Crippen LogP contribution in [0.2, 0.25) is 10.0 Å². The molecule has 0 aliphatic heterocycles. The number of anilines is 1. The largest absolute Gasteiger partial charge is 0.294 e. The standard InChI is InChI=1S/C25H19Cl2NO3S/c26-18-14-19(27)16-20(15-18)32(30,31)28-24-12-11-23(21-8-4-5-9-22(21)24)25(29)13-10-17-6-2-1-3-7-17/h1-9,11-12,14-16,28H,10,13H2. The van der Waals surface area contributed by atoms with E-state index in [0.717, 1.165) is 5.56 Å². The van der Waals surface area contributed by atoms with E-state index in [9.17, 15) is 13.2 Å². The van der Waals surface area contributed by atoms with Crippen molar-refractivity contribution in [1.29, 1.82) is 0 Å². The third-order valence-electron chi connectivity index (χ3n) is 5.10. The number of nitrogens with one attached hydrogen (secondary N) is 1. The van der Waals surface area contributed by atoms with Gasteiger partial charge in [0.1, 0.15) is 0 Å². The highest BCUT2D eigenvalue weighted by Gasteiger charge is 2.19. The van der Waals surface area contributed by atoms with Gasteiger partial charge in [-0.1, -0.05) is 77.8 Å². The van der Waals surface area contributed by atoms with E-state index in [-0.39, 0.29) is 20.7 Å². The SMILES string of the molecule is O=C(CCc1ccccc1)c1ccc(NS(=O)(=O)c2cc(Cl)cc(Cl)c2)c2ccccc12. The van der Waals surface area contributed by atoms with Gasteiger partial charge in [0.15, 0.2) is 5.78 Å². The van der Waals surface area contributed by atoms with E-state index in [0.29, 0.717) is 34.9 Å². The van der Waals surface area contributed by atoms with Gasteiger partial charge >= 0.3 is 0 Å². The Morgan fingerprint density at radius 3 is 2.09 bits per heavy atom. The maximum Gasteiger partial charge on any atom is 0.262 e. The van der Waals surface area contributed by atoms with Crippen LogP contribution >= 0.6 is 23.2 Å². The van der Waals surface area contributed by atoms with Crippen molar-refractivity contribution in [3.63, 3.8) is 0 Å². The number of rotatable bonds is 7. The van der Waals surface area contributed by atoms with Crippen LogP contribution in [0.5, 0.6) is 0 Å². The lowest BCUT2D eigenvalue weighted by molar-refractivity contribution is 0.0984. The maximum absolute atomic E-state index is 13.0. The number of ketones is 1. The van der Waals surface area contributed by atoms with E-state index < -0.39 is 10.0 Å². The minimum atomic E-state index is -3.93. The molecule has 4 nitrogen and oxygen atoms in total. The molecule has 4 aromatic rings. The smallest absolute Gasteiger partial charge is 0.262 e. The molecule has 0 atom stereocenters. The highest BCUT2D eigenvalue weighted by molar-refractivity contribution is 7.92. The zero-order valence-corrected chi connectivity index (χ0v) is 19.2. The molecule has 4 aromatic carbocycles. The van der Waals surface area contributed by atoms with E-state index in [4.69, 9.17) is 23.2 Å². The fourth-order valence-electron chi connectivity index (χ4n) is 3.56. The van der Waals surface area contributed by atoms with E-state index in [1.165, 1.54) is 18.2 Å². The number of carbonyl (C=O) groups is 1. The molecule has 0 aliphatic carbocycles. The number of carbonyl (C=O) groups excluding carboxylic acids is 1. The van der Waals surface area contributed by atoms with Gasteiger partial charge < -0.3 is 0 Å². The van der Waals surface area contributed by atoms with Crippen molar-refractivity contribution in [2.75, 3.05) is 4.72 Å². The minimum Gasteiger partial charge on any atom is -0.294 e. The number of fused-ring (bicyclic) bond motifs is 1. The van der Waals surface area contributed by atoms with E-state index in [1.807, 2.05) is 42.5 Å². The first-order valence-electron chi connectivity index (χ1n) is 9.91. The predicted octanol–water partition coefficient (Wildman–Crippen LogP) is 6.76. The minimum absolute atomic E-state index is 0.00100. The summed E-state index contributed by atoms with van der Waals surface area (Å²) in [6, 6.07) is 24.5. The molecule has 0 amide bonds. The Hall–Kier alpha value is -2.86. The fourth-order valence-corrected chi connectivity index (χ4v) is 5.36. The topological polar surface area (TPSA) is 63.2 Å². The molecule has 32 heavy (non-hydrogen) atoms. The molecule has 7 heteroatoms. The van der Waals surface area contributed by atoms with Crippen LogP contribution in [0.4, 0.5) is 5.69 Å². The van der Waals surface area contributed by atoms with Gasteiger partial charge in [0.2, 0.25) is 0 Å². The number of hydrogen-bond acceptors (Lipinski definition) is 3. The predicted molar refractivity (Wildman–Crippen MR) is 130 cm³/mol. The van der Waals surface area contributed by atoms with Crippen molar-refractivity contribution < 1.29 is 13.2 Å². The summed E-state index contributed by atoms with van der Waals surface area (Å²) in [4.78, 5) is 12.9. The summed E-state index contributed by atoms with van der Waals surface area (Å²) < 4.78 is 28.5. The van der Waals surface area contributed by atoms with Crippen LogP contribution in [-0.4, -0.2) is 14.2 Å². The highest BCUT2D eigenvalue weighted by Crippen LogP contribution is 2.30. The Kier molecular flexibility index (Phi) is 6.51. The summed E-state index contributed by atoms with van der Waals surface area (Å²) in [7, 11) is -3.93. The van der Waals surface area contributed by atoms with Crippen molar-refractivity contribution in [2.24, 2.45) is 0 Å². The number of halogens is 2. The molecule has 0 heterocycles. The quantitative estimate of drug-likeness (QED) is 0.295. The van der Waals surface area contributed by atoms with E-state index in [2.05, 4.69) is 4.72 Å². The van der Waals surface area contributed by atoms with E-state index >= 15 is 0 Å². The molecular weight excluding hydrogens is 465 g/mol. The second-order valence-corrected chi connectivity index (χ2v) is 9.88. The molecule has 162 valence electrons. The van der Waals surface area contributed by atoms with Crippen LogP contribution in [0.25, 0.3) is 10.8 Å². The van der Waals surface area contributed by atoms with Gasteiger partial charge in [0, 0.05) is 27.4 Å². The normalized spacial score (nSPS) is 11.4. The lowest BCUT2D eigenvalue weighted by Crippen LogP contribution is -2.14. The second kappa shape index (κ2) is 9.33. The van der Waals surface area contributed by atoms with Crippen LogP contribution in [0.1, 0.15) is 22.3 Å². The summed E-state index contributed by atoms with van der Waals surface area (Å²) >= 11 is 11.9. The van der Waals surface area contributed by atoms with Gasteiger partial charge in [-0.2, -0.15) is 0 Å². The summed E-state index contributed by atoms with van der Waals surface area (Å²) in [5.74, 6) is 0.00100. The third-order valence-corrected chi connectivity index (χ3v) is 6.88. The van der Waals surface area contributed by atoms with Crippen LogP contribution in [0.15, 0.2) is 89.8 Å². The molecule has 0 radical (unpaired) electrons. The van der Waals surface area contributed by atoms with Gasteiger partial charge in [0.25, 0.3) is 10.0 Å². The molecule has 1 N–H and O–H groups in total. The van der Waals surface area contributed by atoms with Crippen LogP contribution < -0.4 is 4.72 Å². The van der Waals surface area contributed by atoms with Crippen molar-refractivity contribution in [2.45, 2.75) is 17.7 Å². The lowest BCUT2D eigenvalue weighted by Gasteiger charge is -2.14. The average Bonchev–Trinajstić information content (AvgIpc) is 2.77. The number of aryl methyl sites for hydroxylation is 1. The molecular formula is C25H19Cl2NO3S. The van der Waals surface area contributed by atoms with Crippen molar-refractivity contribution >= 4 is 55.5 Å². The van der Waals surface area contributed by atoms with Crippen molar-refractivity contribution in [1.82, 2.24) is 0 Å². The van der Waals surface area contributed by atoms with Gasteiger partial charge in [0.05, 0.1) is 10.6 Å². The molecule has 0 aromatic heterocycles. The Balaban J connectivity index is 1.65. The average molecular weight is 484 g/mol. The number of hydrogen-bond donors (Lipinski definition) is 1. The molecule has 0 aliphatic rings. The van der Waals surface area contributed by atoms with Crippen LogP contribution in [-0.2, 0) is 16.4 Å². The molecule has 0 saturated heterocycles. The monoisotopic (exact) mass is 483 g/mol. The maximum atomic E-state index is 13.0. The molecule has 0 spiro atoms. The number of sulfonamides is 1. The van der Waals surface area contributed by atoms with Gasteiger partial charge in [-0.05, 0) is 47.7 Å². The Morgan fingerprint density at radius 1 is 0.781 bits per heavy atom. The zero-order chi connectivity index (χ0) is 22.7. The van der Waals surface area contributed by atoms with Crippen LogP contribution in [0, 0.1) is 0 Å². The molecule has 0 saturated carbocycles. The summed E-state index contributed by atoms with van der Waals surface area (Å²) in [6.07, 6.45) is 0.998. The van der Waals surface area contributed by atoms with Crippen molar-refractivity contribution in [3.05, 3.63) is 106 Å². The summed E-state index contributed by atoms with van der Waals surface area (Å²) in [6.45, 7) is 0. The first-order chi connectivity index (χ1) is 15.3. The Morgan fingerprint density at radius 2 is 1.41 bits per heavy atom. The van der Waals surface area contributed by atoms with Gasteiger partial charge in [-0.15, -0.1) is 0 Å². The summed E-state index contributed by atoms with van der Waals surface area (Å²) in [5.41, 5.74) is 2.02. The Bertz CT molecular complexity index is 1380. The first kappa shape index (κ1) is 22.3. The molecule has 0 bridgehead atoms. The van der Waals surface area contributed by atoms with Gasteiger partial charge in [-0.3, -0.25) is 9.52 Å². The first-order valence-corrected chi connectivity index (χ1v) is 12.2. The molecule has 0 unspecified atom stereocenters. The third kappa shape index (κ3) is 4.96. The Labute approximate surface area is 196 Å². The number of benzene rings is 4. The zero-order valence-electron chi connectivity index (χ0n) is 16.9. The summed E-state index contributed by atoms with van der Waals surface area (Å²) in [5, 5.41) is 1.77. The van der Waals surface area contributed by atoms with E-state index in [1.54, 1.807) is 24.3 Å². The number of Topliss-reactive ketones (excluding diaryl/α,β-unsaturated/α-hetero) is 1. The molecule has 0 fully saturated rings. The fraction of sp³-hybridized carbons (Fsp3) is 0.0800. The lowest BCUT2D eigenvalue weighted by atomic mass is 9.97. The highest BCUT2D eigenvalue weighted by atomic mass is 35.5. The van der Waals surface area contributed by atoms with Crippen LogP contribution in [0.3, 0.4) is 0 Å².